The number of nitrogens with zero attached hydrogens (tertiary/aromatic N) is 2. The van der Waals surface area contributed by atoms with Gasteiger partial charge in [-0.05, 0) is 79.7 Å². The summed E-state index contributed by atoms with van der Waals surface area (Å²) in [6.45, 7) is 2.11. The average Bonchev–Trinajstić information content (AvgIpc) is 3.04. The van der Waals surface area contributed by atoms with E-state index < -0.39 is 9.84 Å². The number of benzene rings is 2. The van der Waals surface area contributed by atoms with Crippen LogP contribution in [0.3, 0.4) is 0 Å². The molecule has 5 rings (SSSR count). The van der Waals surface area contributed by atoms with E-state index in [9.17, 15) is 22.8 Å². The number of sulfone groups is 1. The van der Waals surface area contributed by atoms with Crippen molar-refractivity contribution in [2.24, 2.45) is 11.8 Å². The van der Waals surface area contributed by atoms with Gasteiger partial charge in [-0.15, -0.1) is 0 Å². The zero-order valence-electron chi connectivity index (χ0n) is 26.3. The van der Waals surface area contributed by atoms with Crippen LogP contribution in [0.25, 0.3) is 0 Å². The number of methoxy groups -OCH3 is 2. The Labute approximate surface area is 266 Å². The first-order valence-electron chi connectivity index (χ1n) is 16.0. The number of amides is 3. The molecule has 0 aromatic heterocycles. The van der Waals surface area contributed by atoms with Crippen molar-refractivity contribution in [1.29, 1.82) is 0 Å². The van der Waals surface area contributed by atoms with Crippen LogP contribution in [0.5, 0.6) is 11.5 Å². The lowest BCUT2D eigenvalue weighted by molar-refractivity contribution is -0.145. The smallest absolute Gasteiger partial charge is 0.223 e. The van der Waals surface area contributed by atoms with Crippen molar-refractivity contribution in [2.75, 3.05) is 46.2 Å². The summed E-state index contributed by atoms with van der Waals surface area (Å²) in [5.74, 6) is 1.19. The van der Waals surface area contributed by atoms with Crippen LogP contribution in [0, 0.1) is 11.8 Å². The molecular weight excluding hydrogens is 594 g/mol. The summed E-state index contributed by atoms with van der Waals surface area (Å²) in [7, 11) is -0.333. The molecule has 10 nitrogen and oxygen atoms in total. The number of piperidine rings is 2. The van der Waals surface area contributed by atoms with Crippen LogP contribution in [-0.2, 0) is 37.1 Å². The van der Waals surface area contributed by atoms with Crippen LogP contribution in [0.1, 0.15) is 56.1 Å². The third-order valence-electron chi connectivity index (χ3n) is 9.42. The molecule has 0 radical (unpaired) electrons. The molecule has 0 spiro atoms. The zero-order valence-corrected chi connectivity index (χ0v) is 27.1. The molecule has 2 aromatic rings. The molecule has 3 aliphatic rings. The van der Waals surface area contributed by atoms with Crippen molar-refractivity contribution in [3.8, 4) is 11.5 Å². The molecule has 0 saturated carbocycles. The van der Waals surface area contributed by atoms with Gasteiger partial charge in [0.2, 0.25) is 17.7 Å². The van der Waals surface area contributed by atoms with E-state index in [1.54, 1.807) is 49.5 Å². The first kappa shape index (κ1) is 32.8. The van der Waals surface area contributed by atoms with Crippen molar-refractivity contribution in [3.05, 3.63) is 53.6 Å². The number of carbonyl (C=O) groups excluding carboxylic acids is 3. The van der Waals surface area contributed by atoms with Gasteiger partial charge in [-0.2, -0.15) is 0 Å². The number of hydrogen-bond acceptors (Lipinski definition) is 7. The highest BCUT2D eigenvalue weighted by molar-refractivity contribution is 7.91. The lowest BCUT2D eigenvalue weighted by Crippen LogP contribution is -2.60. The number of rotatable bonds is 6. The van der Waals surface area contributed by atoms with Gasteiger partial charge in [0.05, 0.1) is 24.9 Å². The molecule has 1 N–H and O–H groups in total. The van der Waals surface area contributed by atoms with Crippen LogP contribution >= 0.6 is 0 Å². The largest absolute Gasteiger partial charge is 0.493 e. The predicted molar refractivity (Wildman–Crippen MR) is 170 cm³/mol. The van der Waals surface area contributed by atoms with Gasteiger partial charge in [-0.3, -0.25) is 14.4 Å². The van der Waals surface area contributed by atoms with Gasteiger partial charge >= 0.3 is 0 Å². The van der Waals surface area contributed by atoms with Gasteiger partial charge in [0.15, 0.2) is 21.3 Å². The van der Waals surface area contributed by atoms with E-state index in [1.807, 2.05) is 11.0 Å². The van der Waals surface area contributed by atoms with Crippen molar-refractivity contribution < 1.29 is 32.3 Å². The normalized spacial score (nSPS) is 23.1. The Morgan fingerprint density at radius 1 is 0.956 bits per heavy atom. The van der Waals surface area contributed by atoms with Crippen LogP contribution in [0.15, 0.2) is 47.4 Å². The van der Waals surface area contributed by atoms with E-state index in [4.69, 9.17) is 9.47 Å². The summed E-state index contributed by atoms with van der Waals surface area (Å²) >= 11 is 0. The predicted octanol–water partition coefficient (Wildman–Crippen LogP) is 3.41. The first-order valence-corrected chi connectivity index (χ1v) is 17.7. The quantitative estimate of drug-likeness (QED) is 0.514. The maximum absolute atomic E-state index is 13.8. The number of nitrogens with one attached hydrogen (secondary N) is 1. The fourth-order valence-electron chi connectivity index (χ4n) is 7.23. The molecule has 3 aliphatic heterocycles. The number of hydrogen-bond donors (Lipinski definition) is 1. The number of likely N-dealkylation sites (tertiary alicyclic amines) is 1. The summed E-state index contributed by atoms with van der Waals surface area (Å²) < 4.78 is 36.8. The van der Waals surface area contributed by atoms with Gasteiger partial charge in [-0.1, -0.05) is 24.3 Å². The van der Waals surface area contributed by atoms with E-state index >= 15 is 0 Å². The molecule has 0 unspecified atom stereocenters. The molecule has 11 heteroatoms. The van der Waals surface area contributed by atoms with E-state index in [1.165, 1.54) is 0 Å². The summed E-state index contributed by atoms with van der Waals surface area (Å²) in [4.78, 5) is 43.8. The SMILES string of the molecule is COc1cc2cc(c1OC)CCCNC(=O)CCC[C@H]1[C@H]3C[C@@H](CN(C(=O)CCS(=O)(=O)c4ccccc4)C3)CN1C(=O)CC2. The minimum absolute atomic E-state index is 0.00738. The fourth-order valence-corrected chi connectivity index (χ4v) is 8.48. The minimum Gasteiger partial charge on any atom is -0.493 e. The molecule has 3 atom stereocenters. The van der Waals surface area contributed by atoms with Crippen molar-refractivity contribution in [3.63, 3.8) is 0 Å². The van der Waals surface area contributed by atoms with E-state index in [-0.39, 0.29) is 52.7 Å². The topological polar surface area (TPSA) is 122 Å². The number of aryl methyl sites for hydroxylation is 2. The summed E-state index contributed by atoms with van der Waals surface area (Å²) in [5, 5.41) is 3.03. The summed E-state index contributed by atoms with van der Waals surface area (Å²) in [5.41, 5.74) is 2.00. The van der Waals surface area contributed by atoms with Crippen molar-refractivity contribution >= 4 is 27.6 Å². The monoisotopic (exact) mass is 639 g/mol. The van der Waals surface area contributed by atoms with Gasteiger partial charge in [-0.25, -0.2) is 8.42 Å². The van der Waals surface area contributed by atoms with Crippen LogP contribution in [-0.4, -0.2) is 88.1 Å². The molecule has 2 aromatic carbocycles. The number of carbonyl (C=O) groups is 3. The van der Waals surface area contributed by atoms with Gasteiger partial charge in [0.1, 0.15) is 0 Å². The zero-order chi connectivity index (χ0) is 32.0. The molecular formula is C34H45N3O7S. The fraction of sp³-hybridized carbons (Fsp3) is 0.559. The highest BCUT2D eigenvalue weighted by Gasteiger charge is 2.43. The van der Waals surface area contributed by atoms with Gasteiger partial charge in [0.25, 0.3) is 0 Å². The molecule has 2 fully saturated rings. The maximum atomic E-state index is 13.8. The molecule has 0 aliphatic carbocycles. The first-order chi connectivity index (χ1) is 21.7. The third kappa shape index (κ3) is 7.98. The highest BCUT2D eigenvalue weighted by atomic mass is 32.2. The van der Waals surface area contributed by atoms with Gasteiger partial charge < -0.3 is 24.6 Å². The standard InChI is InChI=1S/C34H45N3O7S/c1-43-30-20-24-13-14-33(40)37-22-25-19-27(23-36(21-25)32(39)15-17-45(41,42)28-9-4-3-5-10-28)29(37)11-6-12-31(38)35-16-7-8-26(18-24)34(30)44-2/h3-5,9-10,18,20,25,27,29H,6-8,11-17,19,21-23H2,1-2H3,(H,35,38)/t25-,27-,29-/m0/s1. The summed E-state index contributed by atoms with van der Waals surface area (Å²) in [6.07, 6.45) is 4.94. The molecule has 244 valence electrons. The minimum atomic E-state index is -3.56. The van der Waals surface area contributed by atoms with Crippen LogP contribution < -0.4 is 14.8 Å². The molecule has 3 heterocycles. The highest BCUT2D eigenvalue weighted by Crippen LogP contribution is 2.37. The Morgan fingerprint density at radius 2 is 1.76 bits per heavy atom. The molecule has 3 amide bonds. The van der Waals surface area contributed by atoms with Crippen molar-refractivity contribution in [2.45, 2.75) is 68.7 Å². The Bertz CT molecular complexity index is 1480. The Morgan fingerprint density at radius 3 is 2.51 bits per heavy atom. The van der Waals surface area contributed by atoms with Crippen LogP contribution in [0.4, 0.5) is 0 Å². The number of fused-ring (bicyclic) bond motifs is 6. The second-order valence-electron chi connectivity index (χ2n) is 12.5. The lowest BCUT2D eigenvalue weighted by Gasteiger charge is -2.51. The molecule has 45 heavy (non-hydrogen) atoms. The van der Waals surface area contributed by atoms with Crippen molar-refractivity contribution in [1.82, 2.24) is 15.1 Å². The molecule has 4 bridgehead atoms. The van der Waals surface area contributed by atoms with E-state index in [0.717, 1.165) is 24.0 Å². The molecule has 2 saturated heterocycles. The average molecular weight is 640 g/mol. The second kappa shape index (κ2) is 14.7. The summed E-state index contributed by atoms with van der Waals surface area (Å²) in [6, 6.07) is 12.1. The number of ether oxygens (including phenoxy) is 2. The van der Waals surface area contributed by atoms with E-state index in [2.05, 4.69) is 11.4 Å². The Hall–Kier alpha value is -3.60. The van der Waals surface area contributed by atoms with Crippen LogP contribution in [0.2, 0.25) is 0 Å². The third-order valence-corrected chi connectivity index (χ3v) is 11.2. The maximum Gasteiger partial charge on any atom is 0.223 e. The van der Waals surface area contributed by atoms with E-state index in [0.29, 0.717) is 76.2 Å². The Kier molecular flexibility index (Phi) is 10.7. The van der Waals surface area contributed by atoms with Gasteiger partial charge in [0, 0.05) is 51.5 Å². The second-order valence-corrected chi connectivity index (χ2v) is 14.6. The Balaban J connectivity index is 1.30. The lowest BCUT2D eigenvalue weighted by atomic mass is 9.77.